The van der Waals surface area contributed by atoms with Crippen molar-refractivity contribution < 1.29 is 13.2 Å². The maximum absolute atomic E-state index is 12.7. The molecule has 8 heteroatoms. The molecular weight excluding hydrogens is 359 g/mol. The van der Waals surface area contributed by atoms with Crippen molar-refractivity contribution in [1.82, 2.24) is 9.21 Å². The Hall–Kier alpha value is -0.820. The van der Waals surface area contributed by atoms with Gasteiger partial charge in [-0.2, -0.15) is 4.31 Å². The second kappa shape index (κ2) is 7.38. The zero-order valence-corrected chi connectivity index (χ0v) is 15.5. The fraction of sp³-hybridized carbons (Fsp3) is 0.533. The molecule has 0 aliphatic carbocycles. The van der Waals surface area contributed by atoms with Crippen LogP contribution < -0.4 is 0 Å². The molecule has 0 bridgehead atoms. The largest absolute Gasteiger partial charge is 0.340 e. The third-order valence-corrected chi connectivity index (χ3v) is 6.30. The van der Waals surface area contributed by atoms with Crippen molar-refractivity contribution in [2.24, 2.45) is 5.92 Å². The van der Waals surface area contributed by atoms with E-state index in [4.69, 9.17) is 23.2 Å². The minimum atomic E-state index is -3.71. The van der Waals surface area contributed by atoms with Gasteiger partial charge < -0.3 is 4.90 Å². The van der Waals surface area contributed by atoms with Crippen LogP contribution in [0.4, 0.5) is 0 Å². The predicted molar refractivity (Wildman–Crippen MR) is 91.3 cm³/mol. The van der Waals surface area contributed by atoms with Gasteiger partial charge in [0.2, 0.25) is 15.9 Å². The smallest absolute Gasteiger partial charge is 0.244 e. The first-order valence-electron chi connectivity index (χ1n) is 7.45. The van der Waals surface area contributed by atoms with Gasteiger partial charge in [0.1, 0.15) is 4.90 Å². The molecule has 0 N–H and O–H groups in total. The van der Waals surface area contributed by atoms with Gasteiger partial charge in [0.25, 0.3) is 0 Å². The molecule has 1 aromatic carbocycles. The molecule has 0 radical (unpaired) electrons. The zero-order chi connectivity index (χ0) is 17.2. The number of hydrogen-bond acceptors (Lipinski definition) is 3. The van der Waals surface area contributed by atoms with E-state index in [1.165, 1.54) is 16.4 Å². The third kappa shape index (κ3) is 4.38. The summed E-state index contributed by atoms with van der Waals surface area (Å²) in [5.41, 5.74) is 0. The molecule has 1 aliphatic rings. The van der Waals surface area contributed by atoms with Gasteiger partial charge in [0, 0.05) is 37.6 Å². The topological polar surface area (TPSA) is 57.7 Å². The number of sulfonamides is 1. The number of amides is 1. The molecule has 5 nitrogen and oxygen atoms in total. The van der Waals surface area contributed by atoms with Gasteiger partial charge in [0.15, 0.2) is 0 Å². The molecule has 1 heterocycles. The van der Waals surface area contributed by atoms with Crippen molar-refractivity contribution in [3.05, 3.63) is 28.2 Å². The van der Waals surface area contributed by atoms with Crippen LogP contribution in [0.3, 0.4) is 0 Å². The van der Waals surface area contributed by atoms with E-state index >= 15 is 0 Å². The number of nitrogens with zero attached hydrogens (tertiary/aromatic N) is 2. The van der Waals surface area contributed by atoms with Crippen molar-refractivity contribution in [2.75, 3.05) is 26.2 Å². The Bertz CT molecular complexity index is 684. The standard InChI is InChI=1S/C15H20Cl2N2O3S/c1-11(2)9-15(20)18-5-7-19(8-6-18)23(21,22)14-10-12(16)3-4-13(14)17/h3-4,10-11H,5-9H2,1-2H3. The highest BCUT2D eigenvalue weighted by atomic mass is 35.5. The Labute approximate surface area is 147 Å². The van der Waals surface area contributed by atoms with E-state index in [0.717, 1.165) is 0 Å². The minimum absolute atomic E-state index is 0.00798. The molecule has 1 aromatic rings. The number of carbonyl (C=O) groups is 1. The lowest BCUT2D eigenvalue weighted by Gasteiger charge is -2.34. The van der Waals surface area contributed by atoms with Crippen molar-refractivity contribution in [3.63, 3.8) is 0 Å². The molecule has 0 atom stereocenters. The SMILES string of the molecule is CC(C)CC(=O)N1CCN(S(=O)(=O)c2cc(Cl)ccc2Cl)CC1. The van der Waals surface area contributed by atoms with Gasteiger partial charge in [-0.15, -0.1) is 0 Å². The second-order valence-electron chi connectivity index (χ2n) is 5.96. The lowest BCUT2D eigenvalue weighted by molar-refractivity contribution is -0.133. The average Bonchev–Trinajstić information content (AvgIpc) is 2.49. The fourth-order valence-electron chi connectivity index (χ4n) is 2.47. The first-order valence-corrected chi connectivity index (χ1v) is 9.64. The summed E-state index contributed by atoms with van der Waals surface area (Å²) in [5, 5.41) is 0.464. The Morgan fingerprint density at radius 3 is 2.35 bits per heavy atom. The molecule has 0 unspecified atom stereocenters. The fourth-order valence-corrected chi connectivity index (χ4v) is 4.63. The molecule has 0 saturated carbocycles. The normalized spacial score (nSPS) is 16.8. The van der Waals surface area contributed by atoms with Gasteiger partial charge in [-0.05, 0) is 24.1 Å². The van der Waals surface area contributed by atoms with Crippen molar-refractivity contribution in [3.8, 4) is 0 Å². The number of carbonyl (C=O) groups excluding carboxylic acids is 1. The van der Waals surface area contributed by atoms with E-state index in [1.54, 1.807) is 11.0 Å². The monoisotopic (exact) mass is 378 g/mol. The van der Waals surface area contributed by atoms with Crippen LogP contribution in [0.5, 0.6) is 0 Å². The number of benzene rings is 1. The Morgan fingerprint density at radius 1 is 1.17 bits per heavy atom. The Kier molecular flexibility index (Phi) is 5.94. The van der Waals surface area contributed by atoms with E-state index in [2.05, 4.69) is 0 Å². The molecular formula is C15H20Cl2N2O3S. The molecule has 1 saturated heterocycles. The maximum Gasteiger partial charge on any atom is 0.244 e. The molecule has 0 spiro atoms. The van der Waals surface area contributed by atoms with E-state index < -0.39 is 10.0 Å². The summed E-state index contributed by atoms with van der Waals surface area (Å²) in [5.74, 6) is 0.354. The number of halogens is 2. The van der Waals surface area contributed by atoms with Crippen molar-refractivity contribution in [1.29, 1.82) is 0 Å². The number of piperazine rings is 1. The molecule has 2 rings (SSSR count). The predicted octanol–water partition coefficient (Wildman–Crippen LogP) is 2.87. The van der Waals surface area contributed by atoms with Crippen LogP contribution in [-0.4, -0.2) is 49.7 Å². The molecule has 23 heavy (non-hydrogen) atoms. The van der Waals surface area contributed by atoms with Gasteiger partial charge in [-0.3, -0.25) is 4.79 Å². The molecule has 1 amide bonds. The van der Waals surface area contributed by atoms with E-state index in [1.807, 2.05) is 13.8 Å². The van der Waals surface area contributed by atoms with Gasteiger partial charge in [-0.1, -0.05) is 37.0 Å². The maximum atomic E-state index is 12.7. The number of hydrogen-bond donors (Lipinski definition) is 0. The van der Waals surface area contributed by atoms with Gasteiger partial charge in [-0.25, -0.2) is 8.42 Å². The molecule has 128 valence electrons. The van der Waals surface area contributed by atoms with Crippen molar-refractivity contribution >= 4 is 39.1 Å². The highest BCUT2D eigenvalue weighted by Gasteiger charge is 2.31. The summed E-state index contributed by atoms with van der Waals surface area (Å²) in [6, 6.07) is 4.38. The third-order valence-electron chi connectivity index (χ3n) is 3.69. The minimum Gasteiger partial charge on any atom is -0.340 e. The zero-order valence-electron chi connectivity index (χ0n) is 13.1. The first kappa shape index (κ1) is 18.5. The van der Waals surface area contributed by atoms with E-state index in [0.29, 0.717) is 24.5 Å². The highest BCUT2D eigenvalue weighted by Crippen LogP contribution is 2.28. The van der Waals surface area contributed by atoms with E-state index in [-0.39, 0.29) is 34.8 Å². The summed E-state index contributed by atoms with van der Waals surface area (Å²) in [4.78, 5) is 13.8. The Balaban J connectivity index is 2.10. The van der Waals surface area contributed by atoms with E-state index in [9.17, 15) is 13.2 Å². The van der Waals surface area contributed by atoms with Crippen LogP contribution in [-0.2, 0) is 14.8 Å². The summed E-state index contributed by atoms with van der Waals surface area (Å²) in [7, 11) is -3.71. The average molecular weight is 379 g/mol. The number of rotatable bonds is 4. The van der Waals surface area contributed by atoms with Crippen LogP contribution in [0.2, 0.25) is 10.0 Å². The second-order valence-corrected chi connectivity index (χ2v) is 8.71. The highest BCUT2D eigenvalue weighted by molar-refractivity contribution is 7.89. The van der Waals surface area contributed by atoms with Crippen LogP contribution >= 0.6 is 23.2 Å². The summed E-state index contributed by atoms with van der Waals surface area (Å²) in [6.45, 7) is 5.27. The van der Waals surface area contributed by atoms with Gasteiger partial charge >= 0.3 is 0 Å². The Morgan fingerprint density at radius 2 is 1.78 bits per heavy atom. The van der Waals surface area contributed by atoms with Crippen LogP contribution in [0.15, 0.2) is 23.1 Å². The van der Waals surface area contributed by atoms with Gasteiger partial charge in [0.05, 0.1) is 5.02 Å². The summed E-state index contributed by atoms with van der Waals surface area (Å²) in [6.07, 6.45) is 0.479. The van der Waals surface area contributed by atoms with Crippen LogP contribution in [0.25, 0.3) is 0 Å². The molecule has 1 fully saturated rings. The van der Waals surface area contributed by atoms with Crippen LogP contribution in [0, 0.1) is 5.92 Å². The van der Waals surface area contributed by atoms with Crippen molar-refractivity contribution in [2.45, 2.75) is 25.2 Å². The first-order chi connectivity index (χ1) is 10.7. The molecule has 0 aromatic heterocycles. The summed E-state index contributed by atoms with van der Waals surface area (Å²) < 4.78 is 26.7. The lowest BCUT2D eigenvalue weighted by atomic mass is 10.1. The molecule has 1 aliphatic heterocycles. The quantitative estimate of drug-likeness (QED) is 0.808. The van der Waals surface area contributed by atoms with Crippen LogP contribution in [0.1, 0.15) is 20.3 Å². The summed E-state index contributed by atoms with van der Waals surface area (Å²) >= 11 is 11.9. The lowest BCUT2D eigenvalue weighted by Crippen LogP contribution is -2.50.